The van der Waals surface area contributed by atoms with Crippen molar-refractivity contribution in [2.24, 2.45) is 0 Å². The molecule has 1 aromatic carbocycles. The summed E-state index contributed by atoms with van der Waals surface area (Å²) in [6.07, 6.45) is 0. The van der Waals surface area contributed by atoms with Crippen molar-refractivity contribution in [2.45, 2.75) is 20.4 Å². The van der Waals surface area contributed by atoms with Crippen LogP contribution < -0.4 is 5.32 Å². The normalized spacial score (nSPS) is 10.7. The molecule has 0 saturated carbocycles. The molecular weight excluding hydrogens is 360 g/mol. The number of hydrogen-bond donors (Lipinski definition) is 1. The first-order valence-corrected chi connectivity index (χ1v) is 7.37. The SMILES string of the molecule is CCNc1nnc(-c2cc(Br)cc(Br)c2)n1CC. The summed E-state index contributed by atoms with van der Waals surface area (Å²) in [5.41, 5.74) is 1.04. The lowest BCUT2D eigenvalue weighted by molar-refractivity contribution is 0.770. The van der Waals surface area contributed by atoms with Crippen molar-refractivity contribution in [3.8, 4) is 11.4 Å². The molecule has 0 radical (unpaired) electrons. The lowest BCUT2D eigenvalue weighted by atomic mass is 10.2. The summed E-state index contributed by atoms with van der Waals surface area (Å²) in [5.74, 6) is 1.68. The second kappa shape index (κ2) is 5.84. The van der Waals surface area contributed by atoms with E-state index in [1.807, 2.05) is 25.1 Å². The van der Waals surface area contributed by atoms with Crippen LogP contribution in [-0.2, 0) is 6.54 Å². The molecule has 0 spiro atoms. The van der Waals surface area contributed by atoms with Crippen LogP contribution in [0.3, 0.4) is 0 Å². The smallest absolute Gasteiger partial charge is 0.224 e. The Balaban J connectivity index is 2.49. The van der Waals surface area contributed by atoms with Gasteiger partial charge in [-0.2, -0.15) is 0 Å². The zero-order valence-corrected chi connectivity index (χ0v) is 13.4. The molecule has 0 fully saturated rings. The van der Waals surface area contributed by atoms with E-state index in [9.17, 15) is 0 Å². The molecule has 0 atom stereocenters. The molecule has 0 aliphatic rings. The molecule has 18 heavy (non-hydrogen) atoms. The van der Waals surface area contributed by atoms with Gasteiger partial charge in [-0.05, 0) is 32.0 Å². The maximum absolute atomic E-state index is 4.27. The first kappa shape index (κ1) is 13.5. The highest BCUT2D eigenvalue weighted by Gasteiger charge is 2.12. The van der Waals surface area contributed by atoms with Gasteiger partial charge in [0.25, 0.3) is 0 Å². The van der Waals surface area contributed by atoms with Crippen LogP contribution in [0.1, 0.15) is 13.8 Å². The molecule has 0 unspecified atom stereocenters. The van der Waals surface area contributed by atoms with Crippen LogP contribution in [0.5, 0.6) is 0 Å². The predicted octanol–water partition coefficient (Wildman–Crippen LogP) is 3.92. The minimum atomic E-state index is 0.811. The summed E-state index contributed by atoms with van der Waals surface area (Å²) in [6, 6.07) is 6.08. The number of rotatable bonds is 4. The van der Waals surface area contributed by atoms with Gasteiger partial charge in [-0.3, -0.25) is 4.57 Å². The molecular formula is C12H14Br2N4. The van der Waals surface area contributed by atoms with Gasteiger partial charge in [-0.15, -0.1) is 10.2 Å². The van der Waals surface area contributed by atoms with Crippen molar-refractivity contribution >= 4 is 37.8 Å². The minimum Gasteiger partial charge on any atom is -0.355 e. The van der Waals surface area contributed by atoms with Gasteiger partial charge in [0.05, 0.1) is 0 Å². The molecule has 1 aromatic heterocycles. The summed E-state index contributed by atoms with van der Waals surface area (Å²) >= 11 is 6.98. The van der Waals surface area contributed by atoms with Crippen molar-refractivity contribution in [1.82, 2.24) is 14.8 Å². The van der Waals surface area contributed by atoms with E-state index in [4.69, 9.17) is 0 Å². The van der Waals surface area contributed by atoms with Crippen molar-refractivity contribution in [2.75, 3.05) is 11.9 Å². The van der Waals surface area contributed by atoms with Crippen molar-refractivity contribution in [3.05, 3.63) is 27.1 Å². The Hall–Kier alpha value is -0.880. The van der Waals surface area contributed by atoms with Crippen molar-refractivity contribution in [1.29, 1.82) is 0 Å². The van der Waals surface area contributed by atoms with Gasteiger partial charge >= 0.3 is 0 Å². The van der Waals surface area contributed by atoms with Gasteiger partial charge in [0.15, 0.2) is 5.82 Å². The fourth-order valence-electron chi connectivity index (χ4n) is 1.79. The van der Waals surface area contributed by atoms with Gasteiger partial charge in [0.2, 0.25) is 5.95 Å². The largest absolute Gasteiger partial charge is 0.355 e. The Labute approximate surface area is 123 Å². The zero-order chi connectivity index (χ0) is 13.1. The topological polar surface area (TPSA) is 42.7 Å². The standard InChI is InChI=1S/C12H14Br2N4/c1-3-15-12-17-16-11(18(12)4-2)8-5-9(13)7-10(14)6-8/h5-7H,3-4H2,1-2H3,(H,15,17). The molecule has 0 aliphatic heterocycles. The molecule has 0 aliphatic carbocycles. The fourth-order valence-corrected chi connectivity index (χ4v) is 3.08. The summed E-state index contributed by atoms with van der Waals surface area (Å²) < 4.78 is 4.10. The van der Waals surface area contributed by atoms with E-state index in [0.717, 1.165) is 39.4 Å². The lowest BCUT2D eigenvalue weighted by Gasteiger charge is -2.08. The Morgan fingerprint density at radius 3 is 2.33 bits per heavy atom. The average molecular weight is 374 g/mol. The number of hydrogen-bond acceptors (Lipinski definition) is 3. The number of anilines is 1. The molecule has 4 nitrogen and oxygen atoms in total. The molecule has 1 heterocycles. The van der Waals surface area contributed by atoms with Crippen LogP contribution in [0.4, 0.5) is 5.95 Å². The highest BCUT2D eigenvalue weighted by molar-refractivity contribution is 9.11. The number of aromatic nitrogens is 3. The summed E-state index contributed by atoms with van der Waals surface area (Å²) in [4.78, 5) is 0. The van der Waals surface area contributed by atoms with Crippen LogP contribution in [0.2, 0.25) is 0 Å². The van der Waals surface area contributed by atoms with E-state index in [-0.39, 0.29) is 0 Å². The second-order valence-corrected chi connectivity index (χ2v) is 5.61. The van der Waals surface area contributed by atoms with Crippen LogP contribution in [0.25, 0.3) is 11.4 Å². The monoisotopic (exact) mass is 372 g/mol. The third-order valence-electron chi connectivity index (χ3n) is 2.52. The van der Waals surface area contributed by atoms with Gasteiger partial charge < -0.3 is 5.32 Å². The van der Waals surface area contributed by atoms with Gasteiger partial charge in [-0.1, -0.05) is 31.9 Å². The number of halogens is 2. The number of nitrogens with zero attached hydrogens (tertiary/aromatic N) is 3. The van der Waals surface area contributed by atoms with Gasteiger partial charge in [0.1, 0.15) is 0 Å². The molecule has 0 saturated heterocycles. The molecule has 0 amide bonds. The lowest BCUT2D eigenvalue weighted by Crippen LogP contribution is -2.06. The molecule has 2 rings (SSSR count). The summed E-state index contributed by atoms with van der Waals surface area (Å²) in [7, 11) is 0. The third-order valence-corrected chi connectivity index (χ3v) is 3.44. The fraction of sp³-hybridized carbons (Fsp3) is 0.333. The third kappa shape index (κ3) is 2.75. The van der Waals surface area contributed by atoms with Crippen LogP contribution >= 0.6 is 31.9 Å². The van der Waals surface area contributed by atoms with Crippen molar-refractivity contribution in [3.63, 3.8) is 0 Å². The Morgan fingerprint density at radius 1 is 1.11 bits per heavy atom. The highest BCUT2D eigenvalue weighted by atomic mass is 79.9. The second-order valence-electron chi connectivity index (χ2n) is 3.78. The minimum absolute atomic E-state index is 0.811. The Morgan fingerprint density at radius 2 is 1.78 bits per heavy atom. The number of nitrogens with one attached hydrogen (secondary N) is 1. The van der Waals surface area contributed by atoms with E-state index in [0.29, 0.717) is 0 Å². The first-order valence-electron chi connectivity index (χ1n) is 5.79. The molecule has 96 valence electrons. The molecule has 2 aromatic rings. The van der Waals surface area contributed by atoms with Gasteiger partial charge in [0, 0.05) is 27.6 Å². The molecule has 0 bridgehead atoms. The van der Waals surface area contributed by atoms with E-state index >= 15 is 0 Å². The molecule has 6 heteroatoms. The van der Waals surface area contributed by atoms with Crippen LogP contribution in [0.15, 0.2) is 27.1 Å². The zero-order valence-electron chi connectivity index (χ0n) is 10.2. The van der Waals surface area contributed by atoms with E-state index in [1.54, 1.807) is 0 Å². The quantitative estimate of drug-likeness (QED) is 0.883. The summed E-state index contributed by atoms with van der Waals surface area (Å²) in [5, 5.41) is 11.7. The van der Waals surface area contributed by atoms with E-state index < -0.39 is 0 Å². The van der Waals surface area contributed by atoms with Gasteiger partial charge in [-0.25, -0.2) is 0 Å². The maximum Gasteiger partial charge on any atom is 0.224 e. The van der Waals surface area contributed by atoms with Crippen LogP contribution in [-0.4, -0.2) is 21.3 Å². The maximum atomic E-state index is 4.27. The Bertz CT molecular complexity index is 531. The average Bonchev–Trinajstić information content (AvgIpc) is 2.71. The molecule has 1 N–H and O–H groups in total. The number of benzene rings is 1. The van der Waals surface area contributed by atoms with Crippen molar-refractivity contribution < 1.29 is 0 Å². The predicted molar refractivity (Wildman–Crippen MR) is 80.7 cm³/mol. The van der Waals surface area contributed by atoms with Crippen LogP contribution in [0, 0.1) is 0 Å². The first-order chi connectivity index (χ1) is 8.65. The highest BCUT2D eigenvalue weighted by Crippen LogP contribution is 2.27. The Kier molecular flexibility index (Phi) is 4.40. The van der Waals surface area contributed by atoms with E-state index in [1.165, 1.54) is 0 Å². The summed E-state index contributed by atoms with van der Waals surface area (Å²) in [6.45, 7) is 5.79. The van der Waals surface area contributed by atoms with E-state index in [2.05, 4.69) is 58.9 Å².